The average Bonchev–Trinajstić information content (AvgIpc) is 2.45. The molecule has 0 saturated heterocycles. The van der Waals surface area contributed by atoms with Crippen molar-refractivity contribution in [2.75, 3.05) is 0 Å². The van der Waals surface area contributed by atoms with Crippen LogP contribution >= 0.6 is 15.9 Å². The van der Waals surface area contributed by atoms with Crippen molar-refractivity contribution in [1.29, 1.82) is 5.26 Å². The van der Waals surface area contributed by atoms with Crippen molar-refractivity contribution in [2.45, 2.75) is 6.61 Å². The van der Waals surface area contributed by atoms with E-state index in [0.29, 0.717) is 27.6 Å². The van der Waals surface area contributed by atoms with Crippen LogP contribution in [0.1, 0.15) is 21.5 Å². The Labute approximate surface area is 123 Å². The molecule has 0 amide bonds. The third kappa shape index (κ3) is 3.22. The number of para-hydroxylation sites is 1. The Morgan fingerprint density at radius 1 is 1.35 bits per heavy atom. The maximum atomic E-state index is 13.3. The minimum Gasteiger partial charge on any atom is -0.487 e. The number of halogens is 2. The van der Waals surface area contributed by atoms with Gasteiger partial charge in [0.25, 0.3) is 0 Å². The number of nitrogens with zero attached hydrogens (tertiary/aromatic N) is 1. The van der Waals surface area contributed by atoms with Crippen LogP contribution in [0.2, 0.25) is 0 Å². The SMILES string of the molecule is N#Cc1cc(F)cc(COc2c(Br)cccc2C=O)c1. The first kappa shape index (κ1) is 14.2. The molecular formula is C15H9BrFNO2. The normalized spacial score (nSPS) is 9.85. The number of carbonyl (C=O) groups is 1. The first-order chi connectivity index (χ1) is 9.63. The molecule has 0 aliphatic rings. The summed E-state index contributed by atoms with van der Waals surface area (Å²) in [4.78, 5) is 10.9. The standard InChI is InChI=1S/C15H9BrFNO2/c16-14-3-1-2-12(8-19)15(14)20-9-11-4-10(7-18)5-13(17)6-11/h1-6,8H,9H2. The molecule has 0 aromatic heterocycles. The number of carbonyl (C=O) groups excluding carboxylic acids is 1. The third-order valence-corrected chi connectivity index (χ3v) is 3.22. The monoisotopic (exact) mass is 333 g/mol. The quantitative estimate of drug-likeness (QED) is 0.798. The van der Waals surface area contributed by atoms with Crippen molar-refractivity contribution < 1.29 is 13.9 Å². The van der Waals surface area contributed by atoms with Crippen LogP contribution in [0.15, 0.2) is 40.9 Å². The largest absolute Gasteiger partial charge is 0.487 e. The molecule has 0 atom stereocenters. The molecule has 2 rings (SSSR count). The Balaban J connectivity index is 2.23. The number of aldehydes is 1. The zero-order chi connectivity index (χ0) is 14.5. The van der Waals surface area contributed by atoms with Gasteiger partial charge in [0.05, 0.1) is 21.7 Å². The maximum absolute atomic E-state index is 13.3. The van der Waals surface area contributed by atoms with Gasteiger partial charge in [0, 0.05) is 0 Å². The smallest absolute Gasteiger partial charge is 0.153 e. The van der Waals surface area contributed by atoms with E-state index < -0.39 is 5.82 Å². The van der Waals surface area contributed by atoms with Crippen molar-refractivity contribution >= 4 is 22.2 Å². The topological polar surface area (TPSA) is 50.1 Å². The van der Waals surface area contributed by atoms with Gasteiger partial charge in [-0.05, 0) is 51.8 Å². The highest BCUT2D eigenvalue weighted by atomic mass is 79.9. The molecule has 3 nitrogen and oxygen atoms in total. The van der Waals surface area contributed by atoms with E-state index in [0.717, 1.165) is 6.07 Å². The average molecular weight is 334 g/mol. The number of nitriles is 1. The highest BCUT2D eigenvalue weighted by Crippen LogP contribution is 2.28. The Morgan fingerprint density at radius 3 is 2.85 bits per heavy atom. The molecule has 0 radical (unpaired) electrons. The van der Waals surface area contributed by atoms with E-state index in [-0.39, 0.29) is 12.2 Å². The second kappa shape index (κ2) is 6.31. The molecule has 0 N–H and O–H groups in total. The van der Waals surface area contributed by atoms with Crippen LogP contribution in [0.25, 0.3) is 0 Å². The predicted octanol–water partition coefficient (Wildman–Crippen LogP) is 3.85. The summed E-state index contributed by atoms with van der Waals surface area (Å²) in [5, 5.41) is 8.79. The number of ether oxygens (including phenoxy) is 1. The highest BCUT2D eigenvalue weighted by Gasteiger charge is 2.08. The van der Waals surface area contributed by atoms with Crippen LogP contribution < -0.4 is 4.74 Å². The Bertz CT molecular complexity index is 695. The Morgan fingerprint density at radius 2 is 2.15 bits per heavy atom. The Kier molecular flexibility index (Phi) is 4.49. The van der Waals surface area contributed by atoms with Gasteiger partial charge in [0.1, 0.15) is 18.2 Å². The molecule has 5 heteroatoms. The molecule has 0 saturated carbocycles. The lowest BCUT2D eigenvalue weighted by Crippen LogP contribution is -2.00. The van der Waals surface area contributed by atoms with Crippen LogP contribution in [0.4, 0.5) is 4.39 Å². The van der Waals surface area contributed by atoms with Crippen LogP contribution in [0.3, 0.4) is 0 Å². The minimum atomic E-state index is -0.495. The maximum Gasteiger partial charge on any atom is 0.153 e. The summed E-state index contributed by atoms with van der Waals surface area (Å²) in [6, 6.07) is 11.0. The summed E-state index contributed by atoms with van der Waals surface area (Å²) >= 11 is 3.29. The van der Waals surface area contributed by atoms with Crippen molar-refractivity contribution in [3.63, 3.8) is 0 Å². The summed E-state index contributed by atoms with van der Waals surface area (Å²) in [7, 11) is 0. The van der Waals surface area contributed by atoms with E-state index in [1.165, 1.54) is 6.07 Å². The second-order valence-electron chi connectivity index (χ2n) is 4.02. The fourth-order valence-electron chi connectivity index (χ4n) is 1.72. The highest BCUT2D eigenvalue weighted by molar-refractivity contribution is 9.10. The molecule has 0 unspecified atom stereocenters. The van der Waals surface area contributed by atoms with Gasteiger partial charge in [0.2, 0.25) is 0 Å². The van der Waals surface area contributed by atoms with Gasteiger partial charge in [-0.2, -0.15) is 5.26 Å². The van der Waals surface area contributed by atoms with Crippen molar-refractivity contribution in [2.24, 2.45) is 0 Å². The lowest BCUT2D eigenvalue weighted by Gasteiger charge is -2.10. The zero-order valence-corrected chi connectivity index (χ0v) is 11.9. The first-order valence-corrected chi connectivity index (χ1v) is 6.49. The molecule has 0 fully saturated rings. The van der Waals surface area contributed by atoms with E-state index in [4.69, 9.17) is 10.00 Å². The lowest BCUT2D eigenvalue weighted by molar-refractivity contribution is 0.111. The molecule has 0 spiro atoms. The fraction of sp³-hybridized carbons (Fsp3) is 0.0667. The second-order valence-corrected chi connectivity index (χ2v) is 4.88. The Hall–Kier alpha value is -2.19. The van der Waals surface area contributed by atoms with Crippen molar-refractivity contribution in [3.8, 4) is 11.8 Å². The van der Waals surface area contributed by atoms with E-state index in [1.54, 1.807) is 24.3 Å². The van der Waals surface area contributed by atoms with Crippen LogP contribution in [0, 0.1) is 17.1 Å². The predicted molar refractivity (Wildman–Crippen MR) is 75.0 cm³/mol. The molecule has 100 valence electrons. The molecule has 20 heavy (non-hydrogen) atoms. The van der Waals surface area contributed by atoms with E-state index in [9.17, 15) is 9.18 Å². The molecule has 2 aromatic carbocycles. The van der Waals surface area contributed by atoms with Crippen molar-refractivity contribution in [1.82, 2.24) is 0 Å². The number of hydrogen-bond acceptors (Lipinski definition) is 3. The molecule has 0 aliphatic carbocycles. The number of hydrogen-bond donors (Lipinski definition) is 0. The number of rotatable bonds is 4. The van der Waals surface area contributed by atoms with Gasteiger partial charge < -0.3 is 4.74 Å². The summed E-state index contributed by atoms with van der Waals surface area (Å²) < 4.78 is 19.5. The summed E-state index contributed by atoms with van der Waals surface area (Å²) in [5.41, 5.74) is 1.15. The first-order valence-electron chi connectivity index (χ1n) is 5.70. The minimum absolute atomic E-state index is 0.0654. The van der Waals surface area contributed by atoms with Crippen molar-refractivity contribution in [3.05, 3.63) is 63.4 Å². The number of benzene rings is 2. The molecule has 0 bridgehead atoms. The van der Waals surface area contributed by atoms with Gasteiger partial charge in [-0.25, -0.2) is 4.39 Å². The zero-order valence-electron chi connectivity index (χ0n) is 10.3. The third-order valence-electron chi connectivity index (χ3n) is 2.59. The van der Waals surface area contributed by atoms with Crippen LogP contribution in [-0.2, 0) is 6.61 Å². The van der Waals surface area contributed by atoms with E-state index in [1.807, 2.05) is 6.07 Å². The van der Waals surface area contributed by atoms with Gasteiger partial charge in [-0.3, -0.25) is 4.79 Å². The van der Waals surface area contributed by atoms with Gasteiger partial charge in [-0.15, -0.1) is 0 Å². The molecule has 0 heterocycles. The van der Waals surface area contributed by atoms with Gasteiger partial charge in [0.15, 0.2) is 6.29 Å². The fourth-order valence-corrected chi connectivity index (χ4v) is 2.22. The van der Waals surface area contributed by atoms with Gasteiger partial charge >= 0.3 is 0 Å². The molecule has 0 aliphatic heterocycles. The molecule has 2 aromatic rings. The van der Waals surface area contributed by atoms with Crippen LogP contribution in [-0.4, -0.2) is 6.29 Å². The summed E-state index contributed by atoms with van der Waals surface area (Å²) in [5.74, 6) is -0.101. The van der Waals surface area contributed by atoms with E-state index in [2.05, 4.69) is 15.9 Å². The van der Waals surface area contributed by atoms with Gasteiger partial charge in [-0.1, -0.05) is 6.07 Å². The molecular weight excluding hydrogens is 325 g/mol. The van der Waals surface area contributed by atoms with E-state index >= 15 is 0 Å². The summed E-state index contributed by atoms with van der Waals surface area (Å²) in [6.07, 6.45) is 0.687. The van der Waals surface area contributed by atoms with Crippen LogP contribution in [0.5, 0.6) is 5.75 Å². The summed E-state index contributed by atoms with van der Waals surface area (Å²) in [6.45, 7) is 0.0654. The lowest BCUT2D eigenvalue weighted by atomic mass is 10.1.